The summed E-state index contributed by atoms with van der Waals surface area (Å²) in [5.74, 6) is -0.0866. The fourth-order valence-corrected chi connectivity index (χ4v) is 2.78. The quantitative estimate of drug-likeness (QED) is 0.552. The van der Waals surface area contributed by atoms with E-state index in [0.29, 0.717) is 21.6 Å². The maximum atomic E-state index is 12.5. The van der Waals surface area contributed by atoms with E-state index in [0.717, 1.165) is 0 Å². The van der Waals surface area contributed by atoms with Gasteiger partial charge in [0, 0.05) is 7.05 Å². The Morgan fingerprint density at radius 2 is 2.03 bits per heavy atom. The van der Waals surface area contributed by atoms with Gasteiger partial charge in [0.05, 0.1) is 17.8 Å². The number of carbonyl (C=O) groups excluding carboxylic acids is 2. The highest BCUT2D eigenvalue weighted by Crippen LogP contribution is 2.32. The van der Waals surface area contributed by atoms with E-state index in [1.807, 2.05) is 0 Å². The largest absolute Gasteiger partial charge is 0.484 e. The van der Waals surface area contributed by atoms with Crippen LogP contribution in [0.2, 0.25) is 10.0 Å². The van der Waals surface area contributed by atoms with Crippen LogP contribution < -0.4 is 10.1 Å². The summed E-state index contributed by atoms with van der Waals surface area (Å²) in [6, 6.07) is 8.12. The maximum absolute atomic E-state index is 12.5. The van der Waals surface area contributed by atoms with E-state index >= 15 is 0 Å². The topological polar surface area (TPSA) is 95.6 Å². The van der Waals surface area contributed by atoms with E-state index in [2.05, 4.69) is 10.4 Å². The zero-order valence-corrected chi connectivity index (χ0v) is 17.1. The minimum atomic E-state index is -0.581. The van der Waals surface area contributed by atoms with Gasteiger partial charge in [0.2, 0.25) is 0 Å². The van der Waals surface area contributed by atoms with E-state index in [4.69, 9.17) is 37.1 Å². The summed E-state index contributed by atoms with van der Waals surface area (Å²) >= 11 is 12.0. The zero-order valence-electron chi connectivity index (χ0n) is 15.6. The number of aryl methyl sites for hydroxylation is 1. The van der Waals surface area contributed by atoms with Crippen molar-refractivity contribution in [2.75, 3.05) is 11.9 Å². The Bertz CT molecular complexity index is 1040. The van der Waals surface area contributed by atoms with Crippen LogP contribution in [0.5, 0.6) is 5.75 Å². The second-order valence-corrected chi connectivity index (χ2v) is 6.60. The zero-order chi connectivity index (χ0) is 21.0. The number of halogens is 2. The predicted molar refractivity (Wildman–Crippen MR) is 107 cm³/mol. The Morgan fingerprint density at radius 1 is 1.24 bits per heavy atom. The third-order valence-corrected chi connectivity index (χ3v) is 4.64. The summed E-state index contributed by atoms with van der Waals surface area (Å²) in [7, 11) is 1.59. The van der Waals surface area contributed by atoms with Crippen LogP contribution in [-0.4, -0.2) is 28.3 Å². The van der Waals surface area contributed by atoms with Gasteiger partial charge in [-0.15, -0.1) is 0 Å². The second-order valence-electron chi connectivity index (χ2n) is 5.81. The summed E-state index contributed by atoms with van der Waals surface area (Å²) in [6.07, 6.45) is 1.32. The van der Waals surface area contributed by atoms with Crippen LogP contribution in [0.25, 0.3) is 0 Å². The molecular weight excluding hydrogens is 421 g/mol. The number of hydrogen-bond donors (Lipinski definition) is 1. The van der Waals surface area contributed by atoms with Crippen LogP contribution in [-0.2, 0) is 18.4 Å². The summed E-state index contributed by atoms with van der Waals surface area (Å²) in [4.78, 5) is 24.5. The minimum Gasteiger partial charge on any atom is -0.484 e. The second kappa shape index (κ2) is 9.02. The molecule has 0 aliphatic carbocycles. The molecule has 0 bridgehead atoms. The van der Waals surface area contributed by atoms with Crippen molar-refractivity contribution in [2.24, 2.45) is 7.05 Å². The van der Waals surface area contributed by atoms with Crippen LogP contribution in [0.1, 0.15) is 33.6 Å². The number of hydrogen-bond acceptors (Lipinski definition) is 6. The van der Waals surface area contributed by atoms with Crippen molar-refractivity contribution < 1.29 is 23.5 Å². The van der Waals surface area contributed by atoms with Crippen molar-refractivity contribution in [1.29, 1.82) is 0 Å². The third kappa shape index (κ3) is 4.72. The summed E-state index contributed by atoms with van der Waals surface area (Å²) in [5.41, 5.74) is 0.147. The molecule has 8 nitrogen and oxygen atoms in total. The number of nitrogens with zero attached hydrogens (tertiary/aromatic N) is 2. The third-order valence-electron chi connectivity index (χ3n) is 3.84. The highest BCUT2D eigenvalue weighted by Gasteiger charge is 2.21. The average molecular weight is 438 g/mol. The number of rotatable bonds is 7. The van der Waals surface area contributed by atoms with Crippen LogP contribution >= 0.6 is 23.2 Å². The molecule has 2 aromatic heterocycles. The van der Waals surface area contributed by atoms with Gasteiger partial charge < -0.3 is 19.2 Å². The van der Waals surface area contributed by atoms with Gasteiger partial charge in [0.25, 0.3) is 5.91 Å². The molecule has 10 heteroatoms. The fourth-order valence-electron chi connectivity index (χ4n) is 2.44. The number of anilines is 1. The lowest BCUT2D eigenvalue weighted by atomic mass is 10.3. The smallest absolute Gasteiger partial charge is 0.343 e. The SMILES string of the molecule is CCOC(=O)c1cnn(C)c1NC(=O)c1ccc(COc2cccc(Cl)c2Cl)o1. The molecule has 0 saturated carbocycles. The number of benzene rings is 1. The highest BCUT2D eigenvalue weighted by molar-refractivity contribution is 6.42. The molecule has 0 spiro atoms. The maximum Gasteiger partial charge on any atom is 0.343 e. The predicted octanol–water partition coefficient (Wildman–Crippen LogP) is 4.33. The van der Waals surface area contributed by atoms with Crippen molar-refractivity contribution >= 4 is 40.9 Å². The van der Waals surface area contributed by atoms with E-state index in [9.17, 15) is 9.59 Å². The van der Waals surface area contributed by atoms with Gasteiger partial charge in [-0.1, -0.05) is 29.3 Å². The Morgan fingerprint density at radius 3 is 2.79 bits per heavy atom. The Hall–Kier alpha value is -2.97. The molecule has 0 unspecified atom stereocenters. The van der Waals surface area contributed by atoms with Crippen molar-refractivity contribution in [2.45, 2.75) is 13.5 Å². The van der Waals surface area contributed by atoms with E-state index < -0.39 is 11.9 Å². The normalized spacial score (nSPS) is 10.6. The van der Waals surface area contributed by atoms with Gasteiger partial charge >= 0.3 is 5.97 Å². The number of furan rings is 1. The first-order valence-electron chi connectivity index (χ1n) is 8.56. The number of ether oxygens (including phenoxy) is 2. The van der Waals surface area contributed by atoms with Gasteiger partial charge in [-0.05, 0) is 31.2 Å². The monoisotopic (exact) mass is 437 g/mol. The Labute approximate surface area is 176 Å². The van der Waals surface area contributed by atoms with Crippen LogP contribution in [0, 0.1) is 0 Å². The van der Waals surface area contributed by atoms with E-state index in [1.165, 1.54) is 16.9 Å². The lowest BCUT2D eigenvalue weighted by Gasteiger charge is -2.08. The van der Waals surface area contributed by atoms with Crippen molar-refractivity contribution in [1.82, 2.24) is 9.78 Å². The van der Waals surface area contributed by atoms with Crippen LogP contribution in [0.3, 0.4) is 0 Å². The molecule has 0 fully saturated rings. The summed E-state index contributed by atoms with van der Waals surface area (Å²) in [5, 5.41) is 7.25. The van der Waals surface area contributed by atoms with Crippen molar-refractivity contribution in [3.63, 3.8) is 0 Å². The van der Waals surface area contributed by atoms with E-state index in [1.54, 1.807) is 38.2 Å². The molecule has 0 saturated heterocycles. The van der Waals surface area contributed by atoms with Gasteiger partial charge in [0.15, 0.2) is 5.76 Å². The number of esters is 1. The molecule has 1 amide bonds. The lowest BCUT2D eigenvalue weighted by Crippen LogP contribution is -2.17. The number of nitrogens with one attached hydrogen (secondary N) is 1. The lowest BCUT2D eigenvalue weighted by molar-refractivity contribution is 0.0527. The van der Waals surface area contributed by atoms with E-state index in [-0.39, 0.29) is 30.4 Å². The molecule has 0 atom stereocenters. The molecule has 2 heterocycles. The molecule has 0 radical (unpaired) electrons. The molecule has 0 aliphatic rings. The van der Waals surface area contributed by atoms with Gasteiger partial charge in [-0.2, -0.15) is 5.10 Å². The number of aromatic nitrogens is 2. The van der Waals surface area contributed by atoms with Gasteiger partial charge in [-0.3, -0.25) is 9.48 Å². The molecular formula is C19H17Cl2N3O5. The molecule has 3 rings (SSSR count). The summed E-state index contributed by atoms with van der Waals surface area (Å²) < 4.78 is 17.4. The van der Waals surface area contributed by atoms with Crippen LogP contribution in [0.4, 0.5) is 5.82 Å². The Balaban J connectivity index is 1.68. The first-order chi connectivity index (χ1) is 13.9. The fraction of sp³-hybridized carbons (Fsp3) is 0.211. The Kier molecular flexibility index (Phi) is 6.46. The molecule has 0 aliphatic heterocycles. The first kappa shape index (κ1) is 20.8. The number of carbonyl (C=O) groups is 2. The van der Waals surface area contributed by atoms with Crippen molar-refractivity contribution in [3.05, 3.63) is 63.7 Å². The minimum absolute atomic E-state index is 0.0387. The van der Waals surface area contributed by atoms with Crippen molar-refractivity contribution in [3.8, 4) is 5.75 Å². The van der Waals surface area contributed by atoms with Crippen LogP contribution in [0.15, 0.2) is 40.9 Å². The standard InChI is InChI=1S/C19H17Cl2N3O5/c1-3-27-19(26)12-9-22-24(2)17(12)23-18(25)15-8-7-11(29-15)10-28-14-6-4-5-13(20)16(14)21/h4-9H,3,10H2,1-2H3,(H,23,25). The van der Waals surface area contributed by atoms with Gasteiger partial charge in [-0.25, -0.2) is 4.79 Å². The highest BCUT2D eigenvalue weighted by atomic mass is 35.5. The number of amides is 1. The first-order valence-corrected chi connectivity index (χ1v) is 9.32. The summed E-state index contributed by atoms with van der Waals surface area (Å²) in [6.45, 7) is 1.95. The molecule has 1 N–H and O–H groups in total. The molecule has 29 heavy (non-hydrogen) atoms. The molecule has 152 valence electrons. The molecule has 3 aromatic rings. The average Bonchev–Trinajstić information content (AvgIpc) is 3.31. The van der Waals surface area contributed by atoms with Gasteiger partial charge in [0.1, 0.15) is 34.5 Å². The molecule has 1 aromatic carbocycles.